The zero-order valence-corrected chi connectivity index (χ0v) is 27.8. The van der Waals surface area contributed by atoms with Crippen molar-refractivity contribution in [2.45, 2.75) is 76.2 Å². The number of aromatic nitrogens is 6. The van der Waals surface area contributed by atoms with Crippen LogP contribution in [-0.2, 0) is 27.4 Å². The molecular weight excluding hydrogens is 614 g/mol. The smallest absolute Gasteiger partial charge is 0.250 e. The lowest BCUT2D eigenvalue weighted by Crippen LogP contribution is -2.17. The zero-order valence-electron chi connectivity index (χ0n) is 26.9. The van der Waals surface area contributed by atoms with E-state index in [4.69, 9.17) is 19.1 Å². The number of pyridine rings is 3. The van der Waals surface area contributed by atoms with Crippen LogP contribution in [0.15, 0.2) is 52.2 Å². The lowest BCUT2D eigenvalue weighted by molar-refractivity contribution is 0.0639. The minimum atomic E-state index is -3.69. The second-order valence-electron chi connectivity index (χ2n) is 13.4. The Hall–Kier alpha value is -4.16. The Balaban J connectivity index is 1.31. The lowest BCUT2D eigenvalue weighted by atomic mass is 9.89. The maximum absolute atomic E-state index is 14.1. The van der Waals surface area contributed by atoms with Gasteiger partial charge in [0.15, 0.2) is 15.5 Å². The molecule has 12 heteroatoms. The standard InChI is InChI=1S/C35H39N7O4S/c1-20(2)24-19-47(43,44)33-30(31(35-41-40-21(3)46-35)27(38-32(24)33)9-8-22-12-16-45-17-13-22)29-18-42-15-5-7-28(34(42)39-29)37-26-11-10-25-23(26)6-4-14-36-25/h4-7,14-15,18,20,22,24,26,37H,8-13,16-17,19H2,1-3H3. The summed E-state index contributed by atoms with van der Waals surface area (Å²) in [5.74, 6) is 1.05. The first-order chi connectivity index (χ1) is 22.8. The third-order valence-corrected chi connectivity index (χ3v) is 11.9. The molecule has 2 atom stereocenters. The Labute approximate surface area is 274 Å². The Morgan fingerprint density at radius 2 is 1.91 bits per heavy atom. The van der Waals surface area contributed by atoms with Crippen LogP contribution in [0.3, 0.4) is 0 Å². The van der Waals surface area contributed by atoms with Crippen molar-refractivity contribution in [3.63, 3.8) is 0 Å². The number of ether oxygens (including phenoxy) is 1. The van der Waals surface area contributed by atoms with E-state index >= 15 is 0 Å². The third kappa shape index (κ3) is 5.41. The van der Waals surface area contributed by atoms with Gasteiger partial charge in [0.1, 0.15) is 0 Å². The molecule has 2 aliphatic heterocycles. The molecule has 8 rings (SSSR count). The summed E-state index contributed by atoms with van der Waals surface area (Å²) in [6, 6.07) is 8.20. The van der Waals surface area contributed by atoms with Crippen molar-refractivity contribution >= 4 is 21.2 Å². The number of hydrogen-bond acceptors (Lipinski definition) is 10. The fraction of sp³-hybridized carbons (Fsp3) is 0.457. The largest absolute Gasteiger partial charge is 0.421 e. The van der Waals surface area contributed by atoms with E-state index in [1.165, 1.54) is 5.56 Å². The van der Waals surface area contributed by atoms with Gasteiger partial charge in [0.05, 0.1) is 45.0 Å². The van der Waals surface area contributed by atoms with Crippen LogP contribution >= 0.6 is 0 Å². The summed E-state index contributed by atoms with van der Waals surface area (Å²) in [5, 5.41) is 12.3. The molecule has 7 heterocycles. The van der Waals surface area contributed by atoms with Crippen LogP contribution in [0.1, 0.15) is 80.0 Å². The number of imidazole rings is 1. The van der Waals surface area contributed by atoms with E-state index in [-0.39, 0.29) is 34.4 Å². The van der Waals surface area contributed by atoms with Gasteiger partial charge in [-0.25, -0.2) is 13.4 Å². The van der Waals surface area contributed by atoms with Crippen molar-refractivity contribution in [2.75, 3.05) is 24.3 Å². The van der Waals surface area contributed by atoms with E-state index < -0.39 is 9.84 Å². The molecule has 1 N–H and O–H groups in total. The highest BCUT2D eigenvalue weighted by molar-refractivity contribution is 7.92. The predicted molar refractivity (Wildman–Crippen MR) is 177 cm³/mol. The molecular formula is C35H39N7O4S. The molecule has 47 heavy (non-hydrogen) atoms. The summed E-state index contributed by atoms with van der Waals surface area (Å²) in [5.41, 5.74) is 6.91. The van der Waals surface area contributed by atoms with Crippen LogP contribution in [-0.4, -0.2) is 56.9 Å². The normalized spacial score (nSPS) is 20.6. The van der Waals surface area contributed by atoms with Crippen molar-refractivity contribution in [3.05, 3.63) is 71.4 Å². The molecule has 2 unspecified atom stereocenters. The predicted octanol–water partition coefficient (Wildman–Crippen LogP) is 6.14. The Morgan fingerprint density at radius 1 is 1.06 bits per heavy atom. The van der Waals surface area contributed by atoms with Gasteiger partial charge in [-0.2, -0.15) is 0 Å². The minimum Gasteiger partial charge on any atom is -0.421 e. The summed E-state index contributed by atoms with van der Waals surface area (Å²) < 4.78 is 41.9. The van der Waals surface area contributed by atoms with Crippen LogP contribution in [0.4, 0.5) is 5.69 Å². The van der Waals surface area contributed by atoms with Crippen LogP contribution in [0, 0.1) is 18.8 Å². The van der Waals surface area contributed by atoms with Crippen molar-refractivity contribution < 1.29 is 17.6 Å². The lowest BCUT2D eigenvalue weighted by Gasteiger charge is -2.23. The summed E-state index contributed by atoms with van der Waals surface area (Å²) in [4.78, 5) is 15.1. The van der Waals surface area contributed by atoms with Crippen LogP contribution in [0.2, 0.25) is 0 Å². The maximum atomic E-state index is 14.1. The van der Waals surface area contributed by atoms with Gasteiger partial charge in [-0.3, -0.25) is 9.97 Å². The van der Waals surface area contributed by atoms with E-state index in [0.29, 0.717) is 46.4 Å². The second kappa shape index (κ2) is 11.8. The van der Waals surface area contributed by atoms with E-state index in [1.54, 1.807) is 6.92 Å². The van der Waals surface area contributed by atoms with Gasteiger partial charge >= 0.3 is 0 Å². The number of fused-ring (bicyclic) bond motifs is 3. The summed E-state index contributed by atoms with van der Waals surface area (Å²) in [6.07, 6.45) is 11.1. The molecule has 5 aromatic rings. The van der Waals surface area contributed by atoms with E-state index in [1.807, 2.05) is 41.2 Å². The molecule has 0 amide bonds. The average molecular weight is 654 g/mol. The number of rotatable bonds is 8. The van der Waals surface area contributed by atoms with E-state index in [2.05, 4.69) is 40.4 Å². The number of aryl methyl sites for hydroxylation is 3. The van der Waals surface area contributed by atoms with Crippen molar-refractivity contribution in [1.29, 1.82) is 0 Å². The van der Waals surface area contributed by atoms with Crippen molar-refractivity contribution in [2.24, 2.45) is 11.8 Å². The highest BCUT2D eigenvalue weighted by Gasteiger charge is 2.43. The van der Waals surface area contributed by atoms with Gasteiger partial charge in [-0.1, -0.05) is 19.9 Å². The third-order valence-electron chi connectivity index (χ3n) is 10.0. The first kappa shape index (κ1) is 30.2. The molecule has 1 fully saturated rings. The first-order valence-corrected chi connectivity index (χ1v) is 18.3. The molecule has 1 saturated heterocycles. The molecule has 0 radical (unpaired) electrons. The number of sulfone groups is 1. The second-order valence-corrected chi connectivity index (χ2v) is 15.4. The number of nitrogens with zero attached hydrogens (tertiary/aromatic N) is 6. The quantitative estimate of drug-likeness (QED) is 0.208. The van der Waals surface area contributed by atoms with Crippen LogP contribution in [0.25, 0.3) is 28.4 Å². The molecule has 0 spiro atoms. The highest BCUT2D eigenvalue weighted by Crippen LogP contribution is 2.48. The Bertz CT molecular complexity index is 2080. The Kier molecular flexibility index (Phi) is 7.59. The SMILES string of the molecule is Cc1nnc(-c2c(CCC3CCOCC3)nc3c(c2-c2cn4cccc(NC5CCc6ncccc65)c4n2)S(=O)(=O)CC3C(C)C)o1. The van der Waals surface area contributed by atoms with Crippen molar-refractivity contribution in [3.8, 4) is 22.7 Å². The summed E-state index contributed by atoms with van der Waals surface area (Å²) >= 11 is 0. The fourth-order valence-electron chi connectivity index (χ4n) is 7.54. The molecule has 3 aliphatic rings. The maximum Gasteiger partial charge on any atom is 0.250 e. The molecule has 1 aliphatic carbocycles. The van der Waals surface area contributed by atoms with E-state index in [0.717, 1.165) is 62.4 Å². The summed E-state index contributed by atoms with van der Waals surface area (Å²) in [7, 11) is -3.69. The minimum absolute atomic E-state index is 0.0149. The molecule has 0 bridgehead atoms. The van der Waals surface area contributed by atoms with Crippen molar-refractivity contribution in [1.82, 2.24) is 29.5 Å². The fourth-order valence-corrected chi connectivity index (χ4v) is 9.75. The van der Waals surface area contributed by atoms with Gasteiger partial charge < -0.3 is 18.9 Å². The first-order valence-electron chi connectivity index (χ1n) is 16.6. The van der Waals surface area contributed by atoms with E-state index in [9.17, 15) is 8.42 Å². The van der Waals surface area contributed by atoms with Gasteiger partial charge in [0, 0.05) is 55.9 Å². The molecule has 5 aromatic heterocycles. The number of hydrogen-bond donors (Lipinski definition) is 1. The van der Waals surface area contributed by atoms with Crippen LogP contribution < -0.4 is 5.32 Å². The van der Waals surface area contributed by atoms with Gasteiger partial charge in [0.25, 0.3) is 0 Å². The molecule has 11 nitrogen and oxygen atoms in total. The highest BCUT2D eigenvalue weighted by atomic mass is 32.2. The molecule has 244 valence electrons. The van der Waals surface area contributed by atoms with Gasteiger partial charge in [-0.05, 0) is 74.1 Å². The van der Waals surface area contributed by atoms with Crippen LogP contribution in [0.5, 0.6) is 0 Å². The number of anilines is 1. The Morgan fingerprint density at radius 3 is 2.70 bits per heavy atom. The average Bonchev–Trinajstić information content (AvgIpc) is 3.85. The number of nitrogens with one attached hydrogen (secondary N) is 1. The topological polar surface area (TPSA) is 137 Å². The summed E-state index contributed by atoms with van der Waals surface area (Å²) in [6.45, 7) is 7.39. The molecule has 0 aromatic carbocycles. The van der Waals surface area contributed by atoms with Gasteiger partial charge in [0.2, 0.25) is 11.8 Å². The zero-order chi connectivity index (χ0) is 32.3. The van der Waals surface area contributed by atoms with Gasteiger partial charge in [-0.15, -0.1) is 10.2 Å². The molecule has 0 saturated carbocycles. The monoisotopic (exact) mass is 653 g/mol.